The second-order valence-electron chi connectivity index (χ2n) is 7.85. The summed E-state index contributed by atoms with van der Waals surface area (Å²) in [7, 11) is -3.47. The lowest BCUT2D eigenvalue weighted by molar-refractivity contribution is 0.152. The van der Waals surface area contributed by atoms with Crippen LogP contribution in [-0.2, 0) is 16.6 Å². The molecule has 2 aromatic carbocycles. The SMILES string of the molecule is Cc1ccc(S(=O)(=O)NCC2CCCN(Cc3cccc4c3OCCO4)C2)cc1. The van der Waals surface area contributed by atoms with E-state index in [0.29, 0.717) is 30.6 Å². The van der Waals surface area contributed by atoms with Crippen molar-refractivity contribution in [3.63, 3.8) is 0 Å². The third kappa shape index (κ3) is 4.91. The Bertz CT molecular complexity index is 944. The van der Waals surface area contributed by atoms with Crippen LogP contribution in [0.15, 0.2) is 47.4 Å². The predicted molar refractivity (Wildman–Crippen MR) is 112 cm³/mol. The van der Waals surface area contributed by atoms with Gasteiger partial charge in [-0.3, -0.25) is 4.90 Å². The molecule has 0 aromatic heterocycles. The van der Waals surface area contributed by atoms with Gasteiger partial charge in [-0.1, -0.05) is 29.8 Å². The Morgan fingerprint density at radius 2 is 1.90 bits per heavy atom. The molecule has 2 aliphatic rings. The van der Waals surface area contributed by atoms with Crippen molar-refractivity contribution < 1.29 is 17.9 Å². The Morgan fingerprint density at radius 1 is 1.10 bits per heavy atom. The largest absolute Gasteiger partial charge is 0.486 e. The maximum absolute atomic E-state index is 12.6. The van der Waals surface area contributed by atoms with Crippen LogP contribution in [0, 0.1) is 12.8 Å². The monoisotopic (exact) mass is 416 g/mol. The molecule has 0 aliphatic carbocycles. The molecule has 6 nitrogen and oxygen atoms in total. The van der Waals surface area contributed by atoms with Gasteiger partial charge in [0.25, 0.3) is 0 Å². The van der Waals surface area contributed by atoms with Gasteiger partial charge in [0.2, 0.25) is 10.0 Å². The third-order valence-corrected chi connectivity index (χ3v) is 6.98. The molecule has 0 spiro atoms. The number of hydrogen-bond acceptors (Lipinski definition) is 5. The molecule has 7 heteroatoms. The molecule has 1 unspecified atom stereocenters. The van der Waals surface area contributed by atoms with Gasteiger partial charge in [0.05, 0.1) is 4.90 Å². The number of para-hydroxylation sites is 1. The zero-order valence-corrected chi connectivity index (χ0v) is 17.6. The van der Waals surface area contributed by atoms with E-state index in [-0.39, 0.29) is 0 Å². The van der Waals surface area contributed by atoms with Gasteiger partial charge in [-0.25, -0.2) is 13.1 Å². The minimum atomic E-state index is -3.47. The summed E-state index contributed by atoms with van der Waals surface area (Å²) >= 11 is 0. The van der Waals surface area contributed by atoms with Crippen molar-refractivity contribution in [1.29, 1.82) is 0 Å². The lowest BCUT2D eigenvalue weighted by Gasteiger charge is -2.33. The number of ether oxygens (including phenoxy) is 2. The van der Waals surface area contributed by atoms with Crippen LogP contribution >= 0.6 is 0 Å². The first-order chi connectivity index (χ1) is 14.0. The first-order valence-corrected chi connectivity index (χ1v) is 11.7. The number of piperidine rings is 1. The second kappa shape index (κ2) is 8.73. The van der Waals surface area contributed by atoms with E-state index >= 15 is 0 Å². The number of benzene rings is 2. The molecule has 4 rings (SSSR count). The Labute approximate surface area is 172 Å². The van der Waals surface area contributed by atoms with Crippen molar-refractivity contribution in [1.82, 2.24) is 9.62 Å². The second-order valence-corrected chi connectivity index (χ2v) is 9.62. The van der Waals surface area contributed by atoms with Crippen molar-refractivity contribution in [3.05, 3.63) is 53.6 Å². The van der Waals surface area contributed by atoms with Crippen LogP contribution in [0.5, 0.6) is 11.5 Å². The minimum Gasteiger partial charge on any atom is -0.486 e. The normalized spacial score (nSPS) is 19.8. The quantitative estimate of drug-likeness (QED) is 0.784. The molecule has 1 N–H and O–H groups in total. The Balaban J connectivity index is 1.36. The van der Waals surface area contributed by atoms with Gasteiger partial charge in [-0.05, 0) is 50.4 Å². The van der Waals surface area contributed by atoms with E-state index in [4.69, 9.17) is 9.47 Å². The fourth-order valence-corrected chi connectivity index (χ4v) is 5.11. The summed E-state index contributed by atoms with van der Waals surface area (Å²) in [5.41, 5.74) is 2.17. The zero-order chi connectivity index (χ0) is 20.3. The fourth-order valence-electron chi connectivity index (χ4n) is 3.99. The summed E-state index contributed by atoms with van der Waals surface area (Å²) < 4.78 is 39.4. The van der Waals surface area contributed by atoms with Gasteiger partial charge >= 0.3 is 0 Å². The summed E-state index contributed by atoms with van der Waals surface area (Å²) in [6.45, 7) is 6.22. The van der Waals surface area contributed by atoms with Crippen molar-refractivity contribution in [2.75, 3.05) is 32.8 Å². The van der Waals surface area contributed by atoms with E-state index < -0.39 is 10.0 Å². The summed E-state index contributed by atoms with van der Waals surface area (Å²) in [5.74, 6) is 1.95. The van der Waals surface area contributed by atoms with E-state index in [9.17, 15) is 8.42 Å². The first kappa shape index (κ1) is 20.2. The van der Waals surface area contributed by atoms with E-state index in [1.54, 1.807) is 12.1 Å². The molecule has 156 valence electrons. The van der Waals surface area contributed by atoms with Crippen LogP contribution in [-0.4, -0.2) is 46.2 Å². The van der Waals surface area contributed by atoms with E-state index in [1.807, 2.05) is 31.2 Å². The lowest BCUT2D eigenvalue weighted by Crippen LogP contribution is -2.40. The van der Waals surface area contributed by atoms with Crippen LogP contribution in [0.3, 0.4) is 0 Å². The number of fused-ring (bicyclic) bond motifs is 1. The van der Waals surface area contributed by atoms with Crippen molar-refractivity contribution in [2.45, 2.75) is 31.2 Å². The molecule has 2 aromatic rings. The fraction of sp³-hybridized carbons (Fsp3) is 0.455. The Kier molecular flexibility index (Phi) is 6.08. The number of likely N-dealkylation sites (tertiary alicyclic amines) is 1. The Hall–Kier alpha value is -2.09. The van der Waals surface area contributed by atoms with Crippen LogP contribution in [0.2, 0.25) is 0 Å². The molecular formula is C22H28N2O4S. The molecule has 0 radical (unpaired) electrons. The number of aryl methyl sites for hydroxylation is 1. The van der Waals surface area contributed by atoms with E-state index in [0.717, 1.165) is 55.1 Å². The van der Waals surface area contributed by atoms with Crippen LogP contribution in [0.4, 0.5) is 0 Å². The number of nitrogens with one attached hydrogen (secondary N) is 1. The van der Waals surface area contributed by atoms with Crippen LogP contribution in [0.1, 0.15) is 24.0 Å². The molecule has 1 atom stereocenters. The summed E-state index contributed by atoms with van der Waals surface area (Å²) in [6, 6.07) is 13.0. The highest BCUT2D eigenvalue weighted by Gasteiger charge is 2.24. The molecule has 0 amide bonds. The third-order valence-electron chi connectivity index (χ3n) is 5.54. The van der Waals surface area contributed by atoms with E-state index in [2.05, 4.69) is 15.7 Å². The highest BCUT2D eigenvalue weighted by molar-refractivity contribution is 7.89. The average Bonchev–Trinajstić information content (AvgIpc) is 2.73. The molecular weight excluding hydrogens is 388 g/mol. The van der Waals surface area contributed by atoms with Crippen LogP contribution in [0.25, 0.3) is 0 Å². The number of sulfonamides is 1. The number of hydrogen-bond donors (Lipinski definition) is 1. The maximum atomic E-state index is 12.6. The van der Waals surface area contributed by atoms with Gasteiger partial charge in [0.1, 0.15) is 13.2 Å². The van der Waals surface area contributed by atoms with Gasteiger partial charge in [-0.2, -0.15) is 0 Å². The van der Waals surface area contributed by atoms with Gasteiger partial charge in [-0.15, -0.1) is 0 Å². The van der Waals surface area contributed by atoms with Gasteiger partial charge < -0.3 is 9.47 Å². The lowest BCUT2D eigenvalue weighted by atomic mass is 9.97. The summed E-state index contributed by atoms with van der Waals surface area (Å²) in [4.78, 5) is 2.70. The molecule has 0 bridgehead atoms. The topological polar surface area (TPSA) is 67.9 Å². The smallest absolute Gasteiger partial charge is 0.240 e. The molecule has 2 aliphatic heterocycles. The summed E-state index contributed by atoms with van der Waals surface area (Å²) in [5, 5.41) is 0. The average molecular weight is 417 g/mol. The highest BCUT2D eigenvalue weighted by atomic mass is 32.2. The predicted octanol–water partition coefficient (Wildman–Crippen LogP) is 2.96. The summed E-state index contributed by atoms with van der Waals surface area (Å²) in [6.07, 6.45) is 2.09. The highest BCUT2D eigenvalue weighted by Crippen LogP contribution is 2.34. The Morgan fingerprint density at radius 3 is 2.72 bits per heavy atom. The standard InChI is InChI=1S/C22H28N2O4S/c1-17-7-9-20(10-8-17)29(25,26)23-14-18-4-3-11-24(15-18)16-19-5-2-6-21-22(19)28-13-12-27-21/h2,5-10,18,23H,3-4,11-16H2,1H3. The van der Waals surface area contributed by atoms with Crippen molar-refractivity contribution in [3.8, 4) is 11.5 Å². The maximum Gasteiger partial charge on any atom is 0.240 e. The van der Waals surface area contributed by atoms with Gasteiger partial charge in [0.15, 0.2) is 11.5 Å². The minimum absolute atomic E-state index is 0.292. The molecule has 2 heterocycles. The van der Waals surface area contributed by atoms with Crippen molar-refractivity contribution >= 4 is 10.0 Å². The molecule has 29 heavy (non-hydrogen) atoms. The molecule has 0 saturated carbocycles. The number of rotatable bonds is 6. The molecule has 1 fully saturated rings. The number of nitrogens with zero attached hydrogens (tertiary/aromatic N) is 1. The first-order valence-electron chi connectivity index (χ1n) is 10.2. The molecule has 1 saturated heterocycles. The van der Waals surface area contributed by atoms with Crippen LogP contribution < -0.4 is 14.2 Å². The van der Waals surface area contributed by atoms with Gasteiger partial charge in [0, 0.05) is 25.2 Å². The van der Waals surface area contributed by atoms with Crippen molar-refractivity contribution in [2.24, 2.45) is 5.92 Å². The van der Waals surface area contributed by atoms with E-state index in [1.165, 1.54) is 0 Å². The zero-order valence-electron chi connectivity index (χ0n) is 16.8.